The number of benzene rings is 1. The van der Waals surface area contributed by atoms with Gasteiger partial charge in [0.25, 0.3) is 0 Å². The minimum atomic E-state index is -0.618. The summed E-state index contributed by atoms with van der Waals surface area (Å²) >= 11 is 0. The number of amides is 1. The Kier molecular flexibility index (Phi) is 3.53. The van der Waals surface area contributed by atoms with E-state index in [9.17, 15) is 4.79 Å². The molecule has 1 fully saturated rings. The minimum Gasteiger partial charge on any atom is -0.486 e. The van der Waals surface area contributed by atoms with Gasteiger partial charge >= 0.3 is 0 Å². The standard InChI is InChI=1S/C15H20N2O3/c16-15(5-1-6-15)14(18)17-7-4-11-2-3-12-13(10-11)20-9-8-19-12/h2-3,10H,1,4-9,16H2,(H,17,18). The zero-order chi connectivity index (χ0) is 14.0. The predicted octanol–water partition coefficient (Wildman–Crippen LogP) is 0.998. The van der Waals surface area contributed by atoms with E-state index in [1.165, 1.54) is 0 Å². The van der Waals surface area contributed by atoms with Gasteiger partial charge in [-0.05, 0) is 43.4 Å². The van der Waals surface area contributed by atoms with Crippen LogP contribution in [0, 0.1) is 0 Å². The highest BCUT2D eigenvalue weighted by Gasteiger charge is 2.39. The molecule has 108 valence electrons. The molecule has 1 saturated carbocycles. The van der Waals surface area contributed by atoms with Crippen LogP contribution < -0.4 is 20.5 Å². The lowest BCUT2D eigenvalue weighted by Gasteiger charge is -2.36. The summed E-state index contributed by atoms with van der Waals surface area (Å²) in [7, 11) is 0. The number of nitrogens with two attached hydrogens (primary N) is 1. The Hall–Kier alpha value is -1.75. The Balaban J connectivity index is 1.52. The lowest BCUT2D eigenvalue weighted by atomic mass is 9.77. The zero-order valence-electron chi connectivity index (χ0n) is 11.5. The maximum Gasteiger partial charge on any atom is 0.240 e. The average molecular weight is 276 g/mol. The van der Waals surface area contributed by atoms with E-state index in [2.05, 4.69) is 5.32 Å². The third kappa shape index (κ3) is 2.58. The molecule has 1 amide bonds. The van der Waals surface area contributed by atoms with Gasteiger partial charge in [-0.1, -0.05) is 6.07 Å². The molecule has 0 radical (unpaired) electrons. The first-order valence-corrected chi connectivity index (χ1v) is 7.13. The van der Waals surface area contributed by atoms with Gasteiger partial charge in [-0.2, -0.15) is 0 Å². The Bertz CT molecular complexity index is 512. The summed E-state index contributed by atoms with van der Waals surface area (Å²) in [6, 6.07) is 5.89. The molecule has 5 heteroatoms. The average Bonchev–Trinajstić information content (AvgIpc) is 2.44. The monoisotopic (exact) mass is 276 g/mol. The predicted molar refractivity (Wildman–Crippen MR) is 74.9 cm³/mol. The van der Waals surface area contributed by atoms with Gasteiger partial charge in [-0.15, -0.1) is 0 Å². The normalized spacial score (nSPS) is 19.1. The van der Waals surface area contributed by atoms with E-state index in [0.717, 1.165) is 42.7 Å². The van der Waals surface area contributed by atoms with Gasteiger partial charge in [0.1, 0.15) is 13.2 Å². The third-order valence-electron chi connectivity index (χ3n) is 4.00. The molecule has 0 spiro atoms. The number of ether oxygens (including phenoxy) is 2. The van der Waals surface area contributed by atoms with Crippen molar-refractivity contribution in [1.82, 2.24) is 5.32 Å². The van der Waals surface area contributed by atoms with Crippen LogP contribution in [0.5, 0.6) is 11.5 Å². The molecule has 0 aromatic heterocycles. The highest BCUT2D eigenvalue weighted by Crippen LogP contribution is 2.31. The molecule has 1 aliphatic carbocycles. The number of carbonyl (C=O) groups is 1. The minimum absolute atomic E-state index is 0.0266. The number of carbonyl (C=O) groups excluding carboxylic acids is 1. The summed E-state index contributed by atoms with van der Waals surface area (Å²) in [5.74, 6) is 1.55. The summed E-state index contributed by atoms with van der Waals surface area (Å²) < 4.78 is 11.0. The van der Waals surface area contributed by atoms with E-state index in [4.69, 9.17) is 15.2 Å². The third-order valence-corrected chi connectivity index (χ3v) is 4.00. The fourth-order valence-corrected chi connectivity index (χ4v) is 2.52. The molecule has 1 aromatic carbocycles. The number of nitrogens with one attached hydrogen (secondary N) is 1. The molecule has 1 aromatic rings. The van der Waals surface area contributed by atoms with Gasteiger partial charge in [-0.3, -0.25) is 4.79 Å². The fraction of sp³-hybridized carbons (Fsp3) is 0.533. The van der Waals surface area contributed by atoms with Crippen molar-refractivity contribution in [3.8, 4) is 11.5 Å². The topological polar surface area (TPSA) is 73.6 Å². The molecule has 2 aliphatic rings. The quantitative estimate of drug-likeness (QED) is 0.860. The number of rotatable bonds is 4. The lowest BCUT2D eigenvalue weighted by molar-refractivity contribution is -0.129. The van der Waals surface area contributed by atoms with Crippen LogP contribution in [0.2, 0.25) is 0 Å². The molecule has 5 nitrogen and oxygen atoms in total. The number of hydrogen-bond donors (Lipinski definition) is 2. The Morgan fingerprint density at radius 3 is 2.70 bits per heavy atom. The highest BCUT2D eigenvalue weighted by atomic mass is 16.6. The molecular weight excluding hydrogens is 256 g/mol. The van der Waals surface area contributed by atoms with Gasteiger partial charge in [0, 0.05) is 6.54 Å². The van der Waals surface area contributed by atoms with Crippen LogP contribution in [0.15, 0.2) is 18.2 Å². The van der Waals surface area contributed by atoms with Crippen molar-refractivity contribution >= 4 is 5.91 Å². The molecule has 3 N–H and O–H groups in total. The Labute approximate surface area is 118 Å². The summed E-state index contributed by atoms with van der Waals surface area (Å²) in [6.07, 6.45) is 3.40. The van der Waals surface area contributed by atoms with Gasteiger partial charge in [-0.25, -0.2) is 0 Å². The smallest absolute Gasteiger partial charge is 0.240 e. The summed E-state index contributed by atoms with van der Waals surface area (Å²) in [5, 5.41) is 2.92. The highest BCUT2D eigenvalue weighted by molar-refractivity contribution is 5.86. The second kappa shape index (κ2) is 5.32. The molecule has 20 heavy (non-hydrogen) atoms. The van der Waals surface area contributed by atoms with Crippen LogP contribution in [-0.2, 0) is 11.2 Å². The van der Waals surface area contributed by atoms with Crippen molar-refractivity contribution in [3.63, 3.8) is 0 Å². The summed E-state index contributed by atoms with van der Waals surface area (Å²) in [5.41, 5.74) is 6.47. The first-order chi connectivity index (χ1) is 9.67. The first kappa shape index (κ1) is 13.2. The fourth-order valence-electron chi connectivity index (χ4n) is 2.52. The molecule has 1 aliphatic heterocycles. The second-order valence-electron chi connectivity index (χ2n) is 5.49. The van der Waals surface area contributed by atoms with E-state index in [-0.39, 0.29) is 5.91 Å². The molecule has 0 atom stereocenters. The van der Waals surface area contributed by atoms with Gasteiger partial charge in [0.2, 0.25) is 5.91 Å². The van der Waals surface area contributed by atoms with E-state index in [1.54, 1.807) is 0 Å². The van der Waals surface area contributed by atoms with Crippen LogP contribution in [-0.4, -0.2) is 31.2 Å². The summed E-state index contributed by atoms with van der Waals surface area (Å²) in [4.78, 5) is 11.9. The van der Waals surface area contributed by atoms with Crippen LogP contribution >= 0.6 is 0 Å². The second-order valence-corrected chi connectivity index (χ2v) is 5.49. The summed E-state index contributed by atoms with van der Waals surface area (Å²) in [6.45, 7) is 1.78. The molecular formula is C15H20N2O3. The van der Waals surface area contributed by atoms with Crippen molar-refractivity contribution in [2.24, 2.45) is 5.73 Å². The molecule has 3 rings (SSSR count). The van der Waals surface area contributed by atoms with Crippen LogP contribution in [0.4, 0.5) is 0 Å². The SMILES string of the molecule is NC1(C(=O)NCCc2ccc3c(c2)OCCO3)CCC1. The van der Waals surface area contributed by atoms with E-state index in [0.29, 0.717) is 19.8 Å². The largest absolute Gasteiger partial charge is 0.486 e. The number of fused-ring (bicyclic) bond motifs is 1. The van der Waals surface area contributed by atoms with Gasteiger partial charge < -0.3 is 20.5 Å². The lowest BCUT2D eigenvalue weighted by Crippen LogP contribution is -2.58. The van der Waals surface area contributed by atoms with Crippen LogP contribution in [0.1, 0.15) is 24.8 Å². The van der Waals surface area contributed by atoms with Gasteiger partial charge in [0.05, 0.1) is 5.54 Å². The van der Waals surface area contributed by atoms with E-state index >= 15 is 0 Å². The van der Waals surface area contributed by atoms with Crippen molar-refractivity contribution in [2.45, 2.75) is 31.2 Å². The van der Waals surface area contributed by atoms with E-state index < -0.39 is 5.54 Å². The zero-order valence-corrected chi connectivity index (χ0v) is 11.5. The van der Waals surface area contributed by atoms with Crippen molar-refractivity contribution in [3.05, 3.63) is 23.8 Å². The maximum absolute atomic E-state index is 11.9. The molecule has 0 bridgehead atoms. The van der Waals surface area contributed by atoms with Crippen LogP contribution in [0.25, 0.3) is 0 Å². The Morgan fingerprint density at radius 1 is 1.25 bits per heavy atom. The first-order valence-electron chi connectivity index (χ1n) is 7.13. The van der Waals surface area contributed by atoms with Crippen molar-refractivity contribution in [1.29, 1.82) is 0 Å². The molecule has 1 heterocycles. The van der Waals surface area contributed by atoms with Crippen molar-refractivity contribution < 1.29 is 14.3 Å². The number of hydrogen-bond acceptors (Lipinski definition) is 4. The van der Waals surface area contributed by atoms with Crippen LogP contribution in [0.3, 0.4) is 0 Å². The molecule has 0 unspecified atom stereocenters. The maximum atomic E-state index is 11.9. The van der Waals surface area contributed by atoms with E-state index in [1.807, 2.05) is 18.2 Å². The Morgan fingerprint density at radius 2 is 2.00 bits per heavy atom. The molecule has 0 saturated heterocycles. The van der Waals surface area contributed by atoms with Gasteiger partial charge in [0.15, 0.2) is 11.5 Å². The van der Waals surface area contributed by atoms with Crippen molar-refractivity contribution in [2.75, 3.05) is 19.8 Å².